The van der Waals surface area contributed by atoms with Gasteiger partial charge in [-0.25, -0.2) is 0 Å². The van der Waals surface area contributed by atoms with Crippen molar-refractivity contribution in [3.05, 3.63) is 76.4 Å². The summed E-state index contributed by atoms with van der Waals surface area (Å²) >= 11 is 3.81. The van der Waals surface area contributed by atoms with Crippen molar-refractivity contribution in [2.45, 2.75) is 45.7 Å². The zero-order valence-electron chi connectivity index (χ0n) is 17.3. The number of rotatable bonds is 5. The van der Waals surface area contributed by atoms with E-state index in [0.29, 0.717) is 0 Å². The first kappa shape index (κ1) is 21.1. The number of aromatic nitrogens is 1. The van der Waals surface area contributed by atoms with Crippen LogP contribution in [-0.2, 0) is 6.54 Å². The molecule has 0 saturated carbocycles. The molecule has 0 aliphatic heterocycles. The van der Waals surface area contributed by atoms with Crippen LogP contribution in [0.15, 0.2) is 70.3 Å². The lowest BCUT2D eigenvalue weighted by atomic mass is 10.1. The van der Waals surface area contributed by atoms with Crippen LogP contribution >= 0.6 is 15.9 Å². The molecule has 148 valence electrons. The molecule has 0 bridgehead atoms. The molecule has 0 N–H and O–H groups in total. The Labute approximate surface area is 182 Å². The number of para-hydroxylation sites is 1. The summed E-state index contributed by atoms with van der Waals surface area (Å²) in [6.45, 7) is 7.26. The Kier molecular flexibility index (Phi) is 7.12. The summed E-state index contributed by atoms with van der Waals surface area (Å²) in [4.78, 5) is 4.71. The van der Waals surface area contributed by atoms with E-state index < -0.39 is 0 Å². The second-order valence-electron chi connectivity index (χ2n) is 7.97. The van der Waals surface area contributed by atoms with Gasteiger partial charge in [0.1, 0.15) is 0 Å². The predicted molar refractivity (Wildman–Crippen MR) is 129 cm³/mol. The Bertz CT molecular complexity index is 1070. The van der Waals surface area contributed by atoms with E-state index in [2.05, 4.69) is 89.5 Å². The summed E-state index contributed by atoms with van der Waals surface area (Å²) in [5.74, 6) is 6.39. The lowest BCUT2D eigenvalue weighted by molar-refractivity contribution is 0.586. The first-order valence-electron chi connectivity index (χ1n) is 9.98. The van der Waals surface area contributed by atoms with Gasteiger partial charge in [0.2, 0.25) is 0 Å². The molecule has 0 saturated heterocycles. The van der Waals surface area contributed by atoms with E-state index in [1.807, 2.05) is 36.6 Å². The van der Waals surface area contributed by atoms with Crippen molar-refractivity contribution in [3.63, 3.8) is 0 Å². The minimum atomic E-state index is -0.0918. The van der Waals surface area contributed by atoms with E-state index in [1.165, 1.54) is 16.5 Å². The van der Waals surface area contributed by atoms with E-state index in [9.17, 15) is 0 Å². The van der Waals surface area contributed by atoms with Crippen molar-refractivity contribution in [1.82, 2.24) is 4.57 Å². The van der Waals surface area contributed by atoms with E-state index in [0.717, 1.165) is 29.6 Å². The SMILES string of the molecule is CC(C)(C)N=Cc1c(Br)n(CCCC#C/C=C/c2ccccc2)c2ccccc12. The van der Waals surface area contributed by atoms with Gasteiger partial charge in [-0.3, -0.25) is 4.99 Å². The molecule has 3 aromatic rings. The lowest BCUT2D eigenvalue weighted by Gasteiger charge is -2.10. The Hall–Kier alpha value is -2.57. The van der Waals surface area contributed by atoms with Gasteiger partial charge >= 0.3 is 0 Å². The standard InChI is InChI=1S/C26H27BrN2/c1-26(2,3)28-20-23-22-17-11-12-18-24(22)29(25(23)27)19-13-6-4-5-8-14-21-15-9-7-10-16-21/h7-12,14-18,20H,6,13,19H2,1-3H3/b14-8+,28-20?. The number of fused-ring (bicyclic) bond motifs is 1. The number of halogens is 1. The van der Waals surface area contributed by atoms with E-state index in [-0.39, 0.29) is 5.54 Å². The van der Waals surface area contributed by atoms with Crippen LogP contribution < -0.4 is 0 Å². The Balaban J connectivity index is 1.68. The zero-order chi connectivity index (χ0) is 20.7. The van der Waals surface area contributed by atoms with Crippen LogP contribution in [-0.4, -0.2) is 16.3 Å². The van der Waals surface area contributed by atoms with Crippen LogP contribution in [0.1, 0.15) is 44.7 Å². The number of nitrogens with zero attached hydrogens (tertiary/aromatic N) is 2. The molecule has 0 spiro atoms. The lowest BCUT2D eigenvalue weighted by Crippen LogP contribution is -2.09. The van der Waals surface area contributed by atoms with Crippen molar-refractivity contribution in [2.24, 2.45) is 4.99 Å². The molecule has 0 radical (unpaired) electrons. The average Bonchev–Trinajstić information content (AvgIpc) is 2.97. The third-order valence-corrected chi connectivity index (χ3v) is 5.32. The minimum absolute atomic E-state index is 0.0918. The molecule has 0 aliphatic carbocycles. The fourth-order valence-corrected chi connectivity index (χ4v) is 3.74. The maximum atomic E-state index is 4.71. The maximum absolute atomic E-state index is 4.71. The van der Waals surface area contributed by atoms with E-state index in [1.54, 1.807) is 0 Å². The van der Waals surface area contributed by atoms with Crippen LogP contribution in [0.5, 0.6) is 0 Å². The monoisotopic (exact) mass is 446 g/mol. The summed E-state index contributed by atoms with van der Waals surface area (Å²) < 4.78 is 3.41. The summed E-state index contributed by atoms with van der Waals surface area (Å²) in [6, 6.07) is 18.7. The molecule has 0 aliphatic rings. The number of hydrogen-bond acceptors (Lipinski definition) is 1. The Morgan fingerprint density at radius 2 is 1.76 bits per heavy atom. The number of aliphatic imine (C=N–C) groups is 1. The van der Waals surface area contributed by atoms with Gasteiger partial charge < -0.3 is 4.57 Å². The van der Waals surface area contributed by atoms with Crippen molar-refractivity contribution in [2.75, 3.05) is 0 Å². The highest BCUT2D eigenvalue weighted by Crippen LogP contribution is 2.30. The first-order chi connectivity index (χ1) is 14.0. The normalized spacial score (nSPS) is 12.0. The molecular formula is C26H27BrN2. The van der Waals surface area contributed by atoms with Gasteiger partial charge in [0.25, 0.3) is 0 Å². The average molecular weight is 447 g/mol. The molecule has 0 fully saturated rings. The number of allylic oxidation sites excluding steroid dienone is 1. The van der Waals surface area contributed by atoms with Crippen molar-refractivity contribution in [1.29, 1.82) is 0 Å². The van der Waals surface area contributed by atoms with Crippen molar-refractivity contribution >= 4 is 39.1 Å². The quantitative estimate of drug-likeness (QED) is 0.225. The fourth-order valence-electron chi connectivity index (χ4n) is 3.06. The Morgan fingerprint density at radius 3 is 2.52 bits per heavy atom. The van der Waals surface area contributed by atoms with E-state index in [4.69, 9.17) is 4.99 Å². The molecule has 1 aromatic heterocycles. The van der Waals surface area contributed by atoms with Gasteiger partial charge in [-0.1, -0.05) is 60.4 Å². The van der Waals surface area contributed by atoms with Gasteiger partial charge in [-0.2, -0.15) is 0 Å². The van der Waals surface area contributed by atoms with Gasteiger partial charge in [-0.15, -0.1) is 0 Å². The molecule has 0 atom stereocenters. The summed E-state index contributed by atoms with van der Waals surface area (Å²) in [5.41, 5.74) is 3.46. The van der Waals surface area contributed by atoms with Crippen LogP contribution in [0.25, 0.3) is 17.0 Å². The third kappa shape index (κ3) is 5.95. The number of aryl methyl sites for hydroxylation is 1. The zero-order valence-corrected chi connectivity index (χ0v) is 18.9. The van der Waals surface area contributed by atoms with Gasteiger partial charge in [0.15, 0.2) is 0 Å². The molecular weight excluding hydrogens is 420 g/mol. The molecule has 2 nitrogen and oxygen atoms in total. The van der Waals surface area contributed by atoms with Gasteiger partial charge in [-0.05, 0) is 66.9 Å². The van der Waals surface area contributed by atoms with E-state index >= 15 is 0 Å². The van der Waals surface area contributed by atoms with Crippen molar-refractivity contribution in [3.8, 4) is 11.8 Å². The van der Waals surface area contributed by atoms with Crippen molar-refractivity contribution < 1.29 is 0 Å². The fraction of sp³-hybridized carbons (Fsp3) is 0.269. The highest BCUT2D eigenvalue weighted by atomic mass is 79.9. The van der Waals surface area contributed by atoms with Crippen LogP contribution in [0.3, 0.4) is 0 Å². The second-order valence-corrected chi connectivity index (χ2v) is 8.72. The molecule has 3 heteroatoms. The van der Waals surface area contributed by atoms with Crippen LogP contribution in [0.2, 0.25) is 0 Å². The molecule has 29 heavy (non-hydrogen) atoms. The highest BCUT2D eigenvalue weighted by molar-refractivity contribution is 9.10. The summed E-state index contributed by atoms with van der Waals surface area (Å²) in [6.07, 6.45) is 7.83. The van der Waals surface area contributed by atoms with Gasteiger partial charge in [0, 0.05) is 35.6 Å². The largest absolute Gasteiger partial charge is 0.335 e. The van der Waals surface area contributed by atoms with Crippen LogP contribution in [0, 0.1) is 11.8 Å². The summed E-state index contributed by atoms with van der Waals surface area (Å²) in [5, 5.41) is 1.23. The van der Waals surface area contributed by atoms with Gasteiger partial charge in [0.05, 0.1) is 10.1 Å². The molecule has 3 rings (SSSR count). The first-order valence-corrected chi connectivity index (χ1v) is 10.8. The Morgan fingerprint density at radius 1 is 1.03 bits per heavy atom. The maximum Gasteiger partial charge on any atom is 0.0946 e. The molecule has 1 heterocycles. The third-order valence-electron chi connectivity index (χ3n) is 4.47. The number of benzene rings is 2. The summed E-state index contributed by atoms with van der Waals surface area (Å²) in [7, 11) is 0. The second kappa shape index (κ2) is 9.76. The topological polar surface area (TPSA) is 17.3 Å². The molecule has 0 amide bonds. The molecule has 2 aromatic carbocycles. The smallest absolute Gasteiger partial charge is 0.0946 e. The number of hydrogen-bond donors (Lipinski definition) is 0. The number of unbranched alkanes of at least 4 members (excludes halogenated alkanes) is 1. The molecule has 0 unspecified atom stereocenters. The minimum Gasteiger partial charge on any atom is -0.335 e. The van der Waals surface area contributed by atoms with Crippen LogP contribution in [0.4, 0.5) is 0 Å². The highest BCUT2D eigenvalue weighted by Gasteiger charge is 2.14. The predicted octanol–water partition coefficient (Wildman–Crippen LogP) is 7.12.